The van der Waals surface area contributed by atoms with Crippen LogP contribution in [0.4, 0.5) is 8.78 Å². The summed E-state index contributed by atoms with van der Waals surface area (Å²) in [6.07, 6.45) is 3.15. The van der Waals surface area contributed by atoms with Crippen LogP contribution in [0.15, 0.2) is 18.2 Å². The van der Waals surface area contributed by atoms with E-state index >= 15 is 0 Å². The van der Waals surface area contributed by atoms with E-state index in [-0.39, 0.29) is 5.75 Å². The van der Waals surface area contributed by atoms with Crippen LogP contribution in [0, 0.1) is 0 Å². The van der Waals surface area contributed by atoms with Gasteiger partial charge in [-0.15, -0.1) is 0 Å². The molecule has 108 valence electrons. The molecule has 6 heteroatoms. The van der Waals surface area contributed by atoms with Gasteiger partial charge in [-0.3, -0.25) is 0 Å². The Labute approximate surface area is 116 Å². The van der Waals surface area contributed by atoms with E-state index in [1.807, 2.05) is 6.07 Å². The zero-order chi connectivity index (χ0) is 14.1. The molecule has 0 spiro atoms. The number of hydrogen-bond donors (Lipinski definition) is 1. The van der Waals surface area contributed by atoms with E-state index in [4.69, 9.17) is 4.74 Å². The van der Waals surface area contributed by atoms with E-state index in [0.717, 1.165) is 24.3 Å². The maximum atomic E-state index is 12.3. The summed E-state index contributed by atoms with van der Waals surface area (Å²) in [5.41, 5.74) is 0.889. The first kappa shape index (κ1) is 16.0. The minimum Gasteiger partial charge on any atom is -0.493 e. The van der Waals surface area contributed by atoms with Gasteiger partial charge in [-0.05, 0) is 42.7 Å². The number of alkyl halides is 2. The van der Waals surface area contributed by atoms with Crippen LogP contribution in [0.2, 0.25) is 0 Å². The number of methoxy groups -OCH3 is 1. The summed E-state index contributed by atoms with van der Waals surface area (Å²) in [6.45, 7) is -1.32. The van der Waals surface area contributed by atoms with E-state index in [2.05, 4.69) is 16.3 Å². The van der Waals surface area contributed by atoms with Crippen molar-refractivity contribution in [1.29, 1.82) is 0 Å². The van der Waals surface area contributed by atoms with Gasteiger partial charge in [0.25, 0.3) is 0 Å². The van der Waals surface area contributed by atoms with Crippen molar-refractivity contribution < 1.29 is 18.3 Å². The Balaban J connectivity index is 2.54. The van der Waals surface area contributed by atoms with E-state index in [1.54, 1.807) is 23.9 Å². The standard InChI is InChI=1S/C13H19F2NO2S/c1-17-11-5-4-10(8-12(11)18-13(14)15)9-16-6-3-7-19-2/h4-5,8,13,16H,3,6-7,9H2,1-2H3. The van der Waals surface area contributed by atoms with Gasteiger partial charge in [0.05, 0.1) is 7.11 Å². The highest BCUT2D eigenvalue weighted by Crippen LogP contribution is 2.29. The summed E-state index contributed by atoms with van der Waals surface area (Å²) in [4.78, 5) is 0. The summed E-state index contributed by atoms with van der Waals surface area (Å²) in [5, 5.41) is 3.26. The molecule has 0 heterocycles. The highest BCUT2D eigenvalue weighted by molar-refractivity contribution is 7.98. The normalized spacial score (nSPS) is 10.8. The van der Waals surface area contributed by atoms with E-state index in [9.17, 15) is 8.78 Å². The molecule has 0 saturated carbocycles. The van der Waals surface area contributed by atoms with E-state index in [1.165, 1.54) is 7.11 Å². The van der Waals surface area contributed by atoms with Gasteiger partial charge < -0.3 is 14.8 Å². The first-order chi connectivity index (χ1) is 9.17. The summed E-state index contributed by atoms with van der Waals surface area (Å²) in [7, 11) is 1.42. The van der Waals surface area contributed by atoms with Gasteiger partial charge in [0.1, 0.15) is 0 Å². The summed E-state index contributed by atoms with van der Waals surface area (Å²) in [5.74, 6) is 1.49. The second-order valence-corrected chi connectivity index (χ2v) is 4.87. The lowest BCUT2D eigenvalue weighted by Gasteiger charge is -2.12. The second-order valence-electron chi connectivity index (χ2n) is 3.89. The molecule has 0 aliphatic heterocycles. The van der Waals surface area contributed by atoms with E-state index < -0.39 is 6.61 Å². The zero-order valence-corrected chi connectivity index (χ0v) is 11.9. The number of ether oxygens (including phenoxy) is 2. The molecule has 3 nitrogen and oxygen atoms in total. The van der Waals surface area contributed by atoms with Crippen molar-refractivity contribution in [3.63, 3.8) is 0 Å². The van der Waals surface area contributed by atoms with Crippen LogP contribution in [0.5, 0.6) is 11.5 Å². The van der Waals surface area contributed by atoms with Gasteiger partial charge in [0, 0.05) is 6.54 Å². The van der Waals surface area contributed by atoms with Crippen LogP contribution in [0.3, 0.4) is 0 Å². The molecule has 0 amide bonds. The molecule has 1 rings (SSSR count). The Morgan fingerprint density at radius 3 is 2.74 bits per heavy atom. The summed E-state index contributed by atoms with van der Waals surface area (Å²) < 4.78 is 33.9. The maximum Gasteiger partial charge on any atom is 0.387 e. The molecule has 0 atom stereocenters. The van der Waals surface area contributed by atoms with Gasteiger partial charge >= 0.3 is 6.61 Å². The molecule has 19 heavy (non-hydrogen) atoms. The molecular formula is C13H19F2NO2S. The average Bonchev–Trinajstić information content (AvgIpc) is 2.38. The van der Waals surface area contributed by atoms with Crippen molar-refractivity contribution in [2.75, 3.05) is 25.7 Å². The number of halogens is 2. The predicted octanol–water partition coefficient (Wildman–Crippen LogP) is 3.14. The monoisotopic (exact) mass is 291 g/mol. The first-order valence-corrected chi connectivity index (χ1v) is 7.38. The Morgan fingerprint density at radius 1 is 1.32 bits per heavy atom. The lowest BCUT2D eigenvalue weighted by Crippen LogP contribution is -2.15. The van der Waals surface area contributed by atoms with Gasteiger partial charge in [0.15, 0.2) is 11.5 Å². The Morgan fingerprint density at radius 2 is 2.11 bits per heavy atom. The molecule has 1 aromatic carbocycles. The molecule has 0 unspecified atom stereocenters. The molecule has 0 aromatic heterocycles. The Kier molecular flexibility index (Phi) is 7.59. The van der Waals surface area contributed by atoms with Crippen LogP contribution in [0.25, 0.3) is 0 Å². The number of hydrogen-bond acceptors (Lipinski definition) is 4. The van der Waals surface area contributed by atoms with Gasteiger partial charge in [-0.2, -0.15) is 20.5 Å². The molecule has 0 radical (unpaired) electrons. The van der Waals surface area contributed by atoms with Crippen molar-refractivity contribution in [1.82, 2.24) is 5.32 Å². The molecular weight excluding hydrogens is 272 g/mol. The Bertz CT molecular complexity index is 378. The third kappa shape index (κ3) is 6.11. The predicted molar refractivity (Wildman–Crippen MR) is 74.3 cm³/mol. The molecule has 0 aliphatic carbocycles. The highest BCUT2D eigenvalue weighted by Gasteiger charge is 2.11. The third-order valence-corrected chi connectivity index (χ3v) is 3.17. The van der Waals surface area contributed by atoms with E-state index in [0.29, 0.717) is 12.3 Å². The Hall–Kier alpha value is -1.01. The van der Waals surface area contributed by atoms with Crippen LogP contribution in [0.1, 0.15) is 12.0 Å². The van der Waals surface area contributed by atoms with Crippen LogP contribution >= 0.6 is 11.8 Å². The summed E-state index contributed by atoms with van der Waals surface area (Å²) in [6, 6.07) is 5.04. The van der Waals surface area contributed by atoms with Gasteiger partial charge in [0.2, 0.25) is 0 Å². The average molecular weight is 291 g/mol. The highest BCUT2D eigenvalue weighted by atomic mass is 32.2. The molecule has 0 bridgehead atoms. The van der Waals surface area contributed by atoms with Crippen LogP contribution < -0.4 is 14.8 Å². The lowest BCUT2D eigenvalue weighted by atomic mass is 10.2. The van der Waals surface area contributed by atoms with Crippen LogP contribution in [-0.4, -0.2) is 32.3 Å². The maximum absolute atomic E-state index is 12.3. The minimum atomic E-state index is -2.85. The fraction of sp³-hybridized carbons (Fsp3) is 0.538. The molecule has 1 N–H and O–H groups in total. The van der Waals surface area contributed by atoms with Crippen molar-refractivity contribution in [3.05, 3.63) is 23.8 Å². The smallest absolute Gasteiger partial charge is 0.387 e. The number of rotatable bonds is 9. The van der Waals surface area contributed by atoms with Crippen molar-refractivity contribution in [2.45, 2.75) is 19.6 Å². The van der Waals surface area contributed by atoms with Crippen molar-refractivity contribution in [2.24, 2.45) is 0 Å². The van der Waals surface area contributed by atoms with Gasteiger partial charge in [-0.1, -0.05) is 6.07 Å². The fourth-order valence-corrected chi connectivity index (χ4v) is 2.03. The second kappa shape index (κ2) is 8.98. The first-order valence-electron chi connectivity index (χ1n) is 5.98. The molecule has 1 aromatic rings. The minimum absolute atomic E-state index is 0.0703. The number of nitrogens with one attached hydrogen (secondary N) is 1. The van der Waals surface area contributed by atoms with Crippen LogP contribution in [-0.2, 0) is 6.54 Å². The fourth-order valence-electron chi connectivity index (χ4n) is 1.59. The third-order valence-electron chi connectivity index (χ3n) is 2.48. The van der Waals surface area contributed by atoms with Gasteiger partial charge in [-0.25, -0.2) is 0 Å². The lowest BCUT2D eigenvalue weighted by molar-refractivity contribution is -0.0512. The quantitative estimate of drug-likeness (QED) is 0.708. The number of thioether (sulfide) groups is 1. The SMILES string of the molecule is COc1ccc(CNCCCSC)cc1OC(F)F. The van der Waals surface area contributed by atoms with Crippen molar-refractivity contribution >= 4 is 11.8 Å². The van der Waals surface area contributed by atoms with Crippen molar-refractivity contribution in [3.8, 4) is 11.5 Å². The molecule has 0 aliphatic rings. The largest absolute Gasteiger partial charge is 0.493 e. The molecule has 0 saturated heterocycles. The molecule has 0 fully saturated rings. The number of benzene rings is 1. The zero-order valence-electron chi connectivity index (χ0n) is 11.1. The topological polar surface area (TPSA) is 30.5 Å². The summed E-state index contributed by atoms with van der Waals surface area (Å²) >= 11 is 1.80.